The van der Waals surface area contributed by atoms with Crippen LogP contribution in [-0.4, -0.2) is 10.9 Å². The summed E-state index contributed by atoms with van der Waals surface area (Å²) in [6.45, 7) is 3.90. The third-order valence-electron chi connectivity index (χ3n) is 1.84. The molecule has 1 aromatic rings. The molecule has 1 heterocycles. The average Bonchev–Trinajstić information content (AvgIpc) is 2.17. The van der Waals surface area contributed by atoms with Gasteiger partial charge in [0.2, 0.25) is 0 Å². The van der Waals surface area contributed by atoms with E-state index >= 15 is 0 Å². The number of nitriles is 1. The normalized spacial score (nSPS) is 9.80. The van der Waals surface area contributed by atoms with Gasteiger partial charge in [-0.2, -0.15) is 5.26 Å². The van der Waals surface area contributed by atoms with Crippen LogP contribution in [0.15, 0.2) is 12.1 Å². The van der Waals surface area contributed by atoms with Crippen molar-refractivity contribution in [1.82, 2.24) is 10.3 Å². The van der Waals surface area contributed by atoms with Crippen LogP contribution in [0.3, 0.4) is 0 Å². The lowest BCUT2D eigenvalue weighted by Crippen LogP contribution is -2.17. The quantitative estimate of drug-likeness (QED) is 0.474. The zero-order chi connectivity index (χ0) is 11.4. The molecule has 0 bridgehead atoms. The van der Waals surface area contributed by atoms with Crippen molar-refractivity contribution in [1.29, 1.82) is 5.26 Å². The first-order chi connectivity index (χ1) is 7.04. The Morgan fingerprint density at radius 1 is 1.60 bits per heavy atom. The van der Waals surface area contributed by atoms with Gasteiger partial charge in [0.25, 0.3) is 5.91 Å². The van der Waals surface area contributed by atoms with Gasteiger partial charge in [-0.1, -0.05) is 25.4 Å². The lowest BCUT2D eigenvalue weighted by atomic mass is 10.1. The molecule has 5 heteroatoms. The third-order valence-corrected chi connectivity index (χ3v) is 2.03. The first-order valence-electron chi connectivity index (χ1n) is 4.41. The monoisotopic (exact) mass is 223 g/mol. The van der Waals surface area contributed by atoms with Gasteiger partial charge in [0.05, 0.1) is 0 Å². The van der Waals surface area contributed by atoms with Gasteiger partial charge < -0.3 is 0 Å². The van der Waals surface area contributed by atoms with Gasteiger partial charge >= 0.3 is 0 Å². The van der Waals surface area contributed by atoms with Gasteiger partial charge in [-0.15, -0.1) is 0 Å². The van der Waals surface area contributed by atoms with E-state index in [-0.39, 0.29) is 11.1 Å². The Morgan fingerprint density at radius 2 is 2.27 bits per heavy atom. The summed E-state index contributed by atoms with van der Waals surface area (Å²) >= 11 is 5.76. The molecule has 0 aliphatic carbocycles. The number of aromatic nitrogens is 1. The van der Waals surface area contributed by atoms with E-state index in [1.807, 2.05) is 19.2 Å². The van der Waals surface area contributed by atoms with Crippen molar-refractivity contribution in [2.45, 2.75) is 19.8 Å². The summed E-state index contributed by atoms with van der Waals surface area (Å²) < 4.78 is 0. The number of pyridine rings is 1. The van der Waals surface area contributed by atoms with Crippen molar-refractivity contribution < 1.29 is 4.79 Å². The van der Waals surface area contributed by atoms with Crippen molar-refractivity contribution in [2.24, 2.45) is 0 Å². The largest absolute Gasteiger partial charge is 0.268 e. The summed E-state index contributed by atoms with van der Waals surface area (Å²) in [6, 6.07) is 3.06. The topological polar surface area (TPSA) is 65.8 Å². The SMILES string of the molecule is CC(C)c1cc(C(=O)NC#N)cc(Cl)n1. The smallest absolute Gasteiger partial charge is 0.264 e. The van der Waals surface area contributed by atoms with Crippen molar-refractivity contribution in [3.63, 3.8) is 0 Å². The maximum absolute atomic E-state index is 11.4. The summed E-state index contributed by atoms with van der Waals surface area (Å²) in [7, 11) is 0. The molecule has 1 aromatic heterocycles. The number of nitrogens with zero attached hydrogens (tertiary/aromatic N) is 2. The molecule has 1 N–H and O–H groups in total. The number of carbonyl (C=O) groups excluding carboxylic acids is 1. The fourth-order valence-corrected chi connectivity index (χ4v) is 1.28. The molecule has 0 aromatic carbocycles. The summed E-state index contributed by atoms with van der Waals surface area (Å²) in [6.07, 6.45) is 1.57. The Labute approximate surface area is 92.9 Å². The van der Waals surface area contributed by atoms with Gasteiger partial charge in [0.1, 0.15) is 5.15 Å². The number of hydrogen-bond acceptors (Lipinski definition) is 3. The minimum absolute atomic E-state index is 0.178. The number of rotatable bonds is 2. The zero-order valence-electron chi connectivity index (χ0n) is 8.41. The second-order valence-corrected chi connectivity index (χ2v) is 3.71. The molecular formula is C10H10ClN3O. The molecule has 0 spiro atoms. The van der Waals surface area contributed by atoms with Crippen molar-refractivity contribution in [3.8, 4) is 6.19 Å². The lowest BCUT2D eigenvalue weighted by Gasteiger charge is -2.06. The molecule has 0 saturated heterocycles. The molecule has 1 amide bonds. The Kier molecular flexibility index (Phi) is 3.64. The van der Waals surface area contributed by atoms with Gasteiger partial charge in [0, 0.05) is 11.3 Å². The Hall–Kier alpha value is -1.60. The molecule has 78 valence electrons. The molecule has 0 saturated carbocycles. The summed E-state index contributed by atoms with van der Waals surface area (Å²) in [4.78, 5) is 15.4. The minimum atomic E-state index is -0.469. The Morgan fingerprint density at radius 3 is 2.80 bits per heavy atom. The molecule has 0 aliphatic heterocycles. The zero-order valence-corrected chi connectivity index (χ0v) is 9.17. The molecule has 15 heavy (non-hydrogen) atoms. The van der Waals surface area contributed by atoms with E-state index in [4.69, 9.17) is 16.9 Å². The predicted molar refractivity (Wildman–Crippen MR) is 56.4 cm³/mol. The van der Waals surface area contributed by atoms with E-state index in [0.717, 1.165) is 5.69 Å². The van der Waals surface area contributed by atoms with Crippen LogP contribution in [0.1, 0.15) is 35.8 Å². The minimum Gasteiger partial charge on any atom is -0.268 e. The summed E-state index contributed by atoms with van der Waals surface area (Å²) in [5.41, 5.74) is 1.07. The van der Waals surface area contributed by atoms with E-state index in [1.54, 1.807) is 12.3 Å². The molecule has 4 nitrogen and oxygen atoms in total. The van der Waals surface area contributed by atoms with E-state index in [1.165, 1.54) is 6.07 Å². The number of carbonyl (C=O) groups is 1. The number of hydrogen-bond donors (Lipinski definition) is 1. The molecule has 0 radical (unpaired) electrons. The second-order valence-electron chi connectivity index (χ2n) is 3.32. The van der Waals surface area contributed by atoms with Crippen LogP contribution in [-0.2, 0) is 0 Å². The van der Waals surface area contributed by atoms with E-state index in [0.29, 0.717) is 5.56 Å². The van der Waals surface area contributed by atoms with Crippen LogP contribution in [0.4, 0.5) is 0 Å². The van der Waals surface area contributed by atoms with Crippen molar-refractivity contribution in [3.05, 3.63) is 28.5 Å². The molecule has 0 fully saturated rings. The van der Waals surface area contributed by atoms with Crippen LogP contribution < -0.4 is 5.32 Å². The van der Waals surface area contributed by atoms with Crippen LogP contribution in [0.2, 0.25) is 5.15 Å². The van der Waals surface area contributed by atoms with E-state index in [9.17, 15) is 4.79 Å². The maximum Gasteiger partial charge on any atom is 0.264 e. The van der Waals surface area contributed by atoms with Crippen LogP contribution in [0.5, 0.6) is 0 Å². The number of nitrogens with one attached hydrogen (secondary N) is 1. The average molecular weight is 224 g/mol. The van der Waals surface area contributed by atoms with Gasteiger partial charge in [0.15, 0.2) is 6.19 Å². The highest BCUT2D eigenvalue weighted by Crippen LogP contribution is 2.17. The maximum atomic E-state index is 11.4. The van der Waals surface area contributed by atoms with Gasteiger partial charge in [-0.05, 0) is 18.1 Å². The van der Waals surface area contributed by atoms with Crippen LogP contribution >= 0.6 is 11.6 Å². The third kappa shape index (κ3) is 2.93. The van der Waals surface area contributed by atoms with Crippen molar-refractivity contribution >= 4 is 17.5 Å². The highest BCUT2D eigenvalue weighted by atomic mass is 35.5. The van der Waals surface area contributed by atoms with Crippen LogP contribution in [0.25, 0.3) is 0 Å². The fourth-order valence-electron chi connectivity index (χ4n) is 1.07. The molecule has 0 unspecified atom stereocenters. The summed E-state index contributed by atoms with van der Waals surface area (Å²) in [5.74, 6) is -0.291. The van der Waals surface area contributed by atoms with Crippen LogP contribution in [0, 0.1) is 11.5 Å². The highest BCUT2D eigenvalue weighted by Gasteiger charge is 2.10. The lowest BCUT2D eigenvalue weighted by molar-refractivity contribution is 0.0972. The van der Waals surface area contributed by atoms with Crippen molar-refractivity contribution in [2.75, 3.05) is 0 Å². The molecule has 1 rings (SSSR count). The molecule has 0 atom stereocenters. The second kappa shape index (κ2) is 4.76. The molecular weight excluding hydrogens is 214 g/mol. The Bertz CT molecular complexity index is 423. The highest BCUT2D eigenvalue weighted by molar-refractivity contribution is 6.29. The van der Waals surface area contributed by atoms with Gasteiger partial charge in [-0.25, -0.2) is 4.98 Å². The Balaban J connectivity index is 3.10. The summed E-state index contributed by atoms with van der Waals surface area (Å²) in [5, 5.41) is 10.6. The first-order valence-corrected chi connectivity index (χ1v) is 4.79. The standard InChI is InChI=1S/C10H10ClN3O/c1-6(2)8-3-7(4-9(11)14-8)10(15)13-5-12/h3-4,6H,1-2H3,(H,13,15). The molecule has 0 aliphatic rings. The van der Waals surface area contributed by atoms with E-state index in [2.05, 4.69) is 4.98 Å². The van der Waals surface area contributed by atoms with Gasteiger partial charge in [-0.3, -0.25) is 10.1 Å². The first kappa shape index (κ1) is 11.5. The predicted octanol–water partition coefficient (Wildman–Crippen LogP) is 2.07. The number of amides is 1. The number of halogens is 1. The van der Waals surface area contributed by atoms with E-state index < -0.39 is 5.91 Å². The fraction of sp³-hybridized carbons (Fsp3) is 0.300.